The Bertz CT molecular complexity index is 2360. The summed E-state index contributed by atoms with van der Waals surface area (Å²) in [5.41, 5.74) is 9.91. The average Bonchev–Trinajstić information content (AvgIpc) is 3.75. The zero-order valence-corrected chi connectivity index (χ0v) is 33.8. The van der Waals surface area contributed by atoms with Crippen LogP contribution in [0.15, 0.2) is 91.4 Å². The van der Waals surface area contributed by atoms with Crippen molar-refractivity contribution in [1.82, 2.24) is 14.5 Å². The Balaban J connectivity index is 0.00000514. The van der Waals surface area contributed by atoms with E-state index in [1.54, 1.807) is 24.0 Å². The van der Waals surface area contributed by atoms with Crippen molar-refractivity contribution in [1.29, 1.82) is 0 Å². The molecule has 4 aromatic carbocycles. The summed E-state index contributed by atoms with van der Waals surface area (Å²) < 4.78 is 32.3. The Morgan fingerprint density at radius 3 is 2.17 bits per heavy atom. The summed E-state index contributed by atoms with van der Waals surface area (Å²) in [7, 11) is 0. The molecule has 3 heterocycles. The van der Waals surface area contributed by atoms with Crippen LogP contribution in [0.2, 0.25) is 0 Å². The van der Waals surface area contributed by atoms with Crippen LogP contribution in [-0.2, 0) is 26.5 Å². The van der Waals surface area contributed by atoms with Crippen molar-refractivity contribution in [3.8, 4) is 28.4 Å². The van der Waals surface area contributed by atoms with E-state index in [0.29, 0.717) is 34.9 Å². The third kappa shape index (κ3) is 7.17. The zero-order chi connectivity index (χ0) is 38.7. The number of nitrogens with zero attached hydrogens (tertiary/aromatic N) is 4. The fraction of sp³-hybridized carbons (Fsp3) is 0.304. The van der Waals surface area contributed by atoms with Gasteiger partial charge in [0.05, 0.1) is 0 Å². The third-order valence-electron chi connectivity index (χ3n) is 9.78. The number of anilines is 1. The van der Waals surface area contributed by atoms with Gasteiger partial charge in [0.1, 0.15) is 5.82 Å². The fourth-order valence-corrected chi connectivity index (χ4v) is 6.93. The summed E-state index contributed by atoms with van der Waals surface area (Å²) in [6.45, 7) is 19.3. The first-order valence-electron chi connectivity index (χ1n) is 19.5. The van der Waals surface area contributed by atoms with Crippen molar-refractivity contribution < 1.29 is 29.9 Å². The minimum absolute atomic E-state index is 0. The summed E-state index contributed by atoms with van der Waals surface area (Å²) in [6.07, 6.45) is 5.18. The van der Waals surface area contributed by atoms with Gasteiger partial charge < -0.3 is 19.1 Å². The van der Waals surface area contributed by atoms with E-state index in [1.165, 1.54) is 27.2 Å². The molecule has 1 aliphatic rings. The third-order valence-corrected chi connectivity index (χ3v) is 9.78. The van der Waals surface area contributed by atoms with Crippen LogP contribution < -0.4 is 9.64 Å². The van der Waals surface area contributed by atoms with Gasteiger partial charge in [0.15, 0.2) is 0 Å². The largest absolute Gasteiger partial charge is 0.510 e. The summed E-state index contributed by atoms with van der Waals surface area (Å²) in [5, 5.41) is 2.15. The summed E-state index contributed by atoms with van der Waals surface area (Å²) in [4.78, 5) is 7.93. The molecule has 5 nitrogen and oxygen atoms in total. The van der Waals surface area contributed by atoms with E-state index < -0.39 is 6.98 Å². The van der Waals surface area contributed by atoms with Crippen LogP contribution in [0, 0.1) is 18.8 Å². The van der Waals surface area contributed by atoms with E-state index in [4.69, 9.17) is 13.8 Å². The van der Waals surface area contributed by atoms with Crippen LogP contribution >= 0.6 is 0 Å². The zero-order valence-electron chi connectivity index (χ0n) is 34.5. The van der Waals surface area contributed by atoms with Crippen LogP contribution in [0.4, 0.5) is 5.69 Å². The molecule has 0 fully saturated rings. The molecule has 6 heteroatoms. The molecule has 0 bridgehead atoms. The average molecular weight is 872 g/mol. The smallest absolute Gasteiger partial charge is 0.136 e. The number of hydrogen-bond donors (Lipinski definition) is 0. The number of rotatable bonds is 8. The molecule has 0 spiro atoms. The number of benzene rings is 4. The monoisotopic (exact) mass is 871 g/mol. The molecule has 0 radical (unpaired) electrons. The second-order valence-electron chi connectivity index (χ2n) is 15.6. The van der Waals surface area contributed by atoms with Gasteiger partial charge in [0.25, 0.3) is 0 Å². The first kappa shape index (κ1) is 33.5. The quantitative estimate of drug-likeness (QED) is 0.143. The first-order valence-corrected chi connectivity index (χ1v) is 18.0. The summed E-state index contributed by atoms with van der Waals surface area (Å²) in [5.74, 6) is 3.00. The number of pyridine rings is 1. The van der Waals surface area contributed by atoms with E-state index in [1.807, 2.05) is 24.4 Å². The molecule has 0 aliphatic carbocycles. The molecule has 0 unspecified atom stereocenters. The SMILES string of the molecule is [2H]C([2H])([2H])N1C=CN(c2[c-]c(Oc3[c-]c4c(cc3)c3ccccc3n4-c3cc(-c4c(C(C)C)cc(C(C)C)cc4C(C)C)ccn3)cc(C(C)(C)C)c2)[CH-]1.[Pt]. The van der Waals surface area contributed by atoms with Crippen molar-refractivity contribution in [2.24, 2.45) is 0 Å². The minimum atomic E-state index is -2.28. The fourth-order valence-electron chi connectivity index (χ4n) is 6.93. The van der Waals surface area contributed by atoms with Gasteiger partial charge in [-0.1, -0.05) is 98.2 Å². The van der Waals surface area contributed by atoms with Crippen LogP contribution in [0.5, 0.6) is 11.5 Å². The molecule has 0 saturated carbocycles. The number of ether oxygens (including phenoxy) is 1. The number of fused-ring (bicyclic) bond motifs is 3. The number of para-hydroxylation sites is 1. The maximum absolute atomic E-state index is 7.83. The van der Waals surface area contributed by atoms with Gasteiger partial charge >= 0.3 is 0 Å². The number of aromatic nitrogens is 2. The molecule has 0 N–H and O–H groups in total. The van der Waals surface area contributed by atoms with Gasteiger partial charge in [-0.2, -0.15) is 12.7 Å². The topological polar surface area (TPSA) is 33.5 Å². The standard InChI is InChI=1S/C46H49N4O.Pt/c1-29(2)33-21-40(30(3)4)45(41(22-33)31(5)6)32-17-18-47-44(23-32)50-42-14-12-11-13-38(42)39-16-15-36(27-43(39)50)51-37-25-34(46(7,8)9)24-35(26-37)49-20-19-48(10)28-49;/h11-25,28-31H,1-10H3;/q-3;/i10D3;. The minimum Gasteiger partial charge on any atom is -0.510 e. The van der Waals surface area contributed by atoms with Gasteiger partial charge in [0, 0.05) is 48.4 Å². The Morgan fingerprint density at radius 1 is 0.788 bits per heavy atom. The molecule has 0 atom stereocenters. The Labute approximate surface area is 328 Å². The molecule has 6 aromatic rings. The van der Waals surface area contributed by atoms with Crippen molar-refractivity contribution >= 4 is 27.5 Å². The first-order chi connectivity index (χ1) is 25.5. The molecule has 1 aliphatic heterocycles. The van der Waals surface area contributed by atoms with Gasteiger partial charge in [-0.3, -0.25) is 0 Å². The summed E-state index contributed by atoms with van der Waals surface area (Å²) in [6, 6.07) is 32.6. The molecular formula is C46H49N4OPt-3. The van der Waals surface area contributed by atoms with Crippen molar-refractivity contribution in [3.05, 3.63) is 132 Å². The second-order valence-corrected chi connectivity index (χ2v) is 15.6. The van der Waals surface area contributed by atoms with E-state index in [0.717, 1.165) is 38.8 Å². The molecule has 272 valence electrons. The van der Waals surface area contributed by atoms with Crippen molar-refractivity contribution in [2.45, 2.75) is 85.5 Å². The van der Waals surface area contributed by atoms with Crippen LogP contribution in [0.3, 0.4) is 0 Å². The van der Waals surface area contributed by atoms with Crippen LogP contribution in [-0.4, -0.2) is 21.4 Å². The molecule has 0 amide bonds. The molecule has 52 heavy (non-hydrogen) atoms. The molecule has 0 saturated heterocycles. The Kier molecular flexibility index (Phi) is 9.40. The molecule has 7 rings (SSSR count). The molecule has 2 aromatic heterocycles. The van der Waals surface area contributed by atoms with Gasteiger partial charge in [0.2, 0.25) is 0 Å². The van der Waals surface area contributed by atoms with Crippen molar-refractivity contribution in [2.75, 3.05) is 11.9 Å². The van der Waals surface area contributed by atoms with Crippen LogP contribution in [0.1, 0.15) is 106 Å². The number of hydrogen-bond acceptors (Lipinski definition) is 4. The van der Waals surface area contributed by atoms with E-state index in [9.17, 15) is 0 Å². The second kappa shape index (κ2) is 14.6. The van der Waals surface area contributed by atoms with Crippen molar-refractivity contribution in [3.63, 3.8) is 0 Å². The maximum atomic E-state index is 7.83. The Hall–Kier alpha value is -4.34. The molecular weight excluding hydrogens is 820 g/mol. The van der Waals surface area contributed by atoms with E-state index >= 15 is 0 Å². The normalized spacial score (nSPS) is 14.4. The maximum Gasteiger partial charge on any atom is 0.136 e. The van der Waals surface area contributed by atoms with Gasteiger partial charge in [-0.25, -0.2) is 4.98 Å². The summed E-state index contributed by atoms with van der Waals surface area (Å²) >= 11 is 0. The van der Waals surface area contributed by atoms with E-state index in [2.05, 4.69) is 134 Å². The predicted molar refractivity (Wildman–Crippen MR) is 213 cm³/mol. The van der Waals surface area contributed by atoms with Gasteiger partial charge in [-0.15, -0.1) is 47.0 Å². The predicted octanol–water partition coefficient (Wildman–Crippen LogP) is 12.2. The Morgan fingerprint density at radius 2 is 1.52 bits per heavy atom. The van der Waals surface area contributed by atoms with Gasteiger partial charge in [-0.05, 0) is 93.9 Å². The van der Waals surface area contributed by atoms with Crippen LogP contribution in [0.25, 0.3) is 38.8 Å². The van der Waals surface area contributed by atoms with E-state index in [-0.39, 0.29) is 26.5 Å².